The van der Waals surface area contributed by atoms with Gasteiger partial charge in [0.05, 0.1) is 17.0 Å². The summed E-state index contributed by atoms with van der Waals surface area (Å²) in [5, 5.41) is 4.21. The Morgan fingerprint density at radius 3 is 2.91 bits per heavy atom. The predicted octanol–water partition coefficient (Wildman–Crippen LogP) is 3.52. The van der Waals surface area contributed by atoms with Crippen LogP contribution in [0, 0.1) is 20.8 Å². The second kappa shape index (κ2) is 5.97. The first-order valence-electron chi connectivity index (χ1n) is 7.77. The highest BCUT2D eigenvalue weighted by Gasteiger charge is 2.25. The third-order valence-corrected chi connectivity index (χ3v) is 5.50. The monoisotopic (exact) mass is 318 g/mol. The maximum absolute atomic E-state index is 12.6. The molecular weight excluding hydrogens is 296 g/mol. The van der Waals surface area contributed by atoms with E-state index in [1.54, 1.807) is 0 Å². The van der Waals surface area contributed by atoms with Crippen LogP contribution < -0.4 is 5.32 Å². The number of hydrogen-bond acceptors (Lipinski definition) is 4. The van der Waals surface area contributed by atoms with Gasteiger partial charge in [0.2, 0.25) is 0 Å². The molecule has 1 N–H and O–H groups in total. The molecule has 2 aromatic rings. The molecule has 1 aliphatic heterocycles. The van der Waals surface area contributed by atoms with Crippen molar-refractivity contribution in [3.05, 3.63) is 27.8 Å². The van der Waals surface area contributed by atoms with Gasteiger partial charge in [0.25, 0.3) is 5.91 Å². The van der Waals surface area contributed by atoms with Gasteiger partial charge in [-0.25, -0.2) is 4.98 Å². The van der Waals surface area contributed by atoms with Gasteiger partial charge >= 0.3 is 0 Å². The van der Waals surface area contributed by atoms with Crippen LogP contribution in [-0.2, 0) is 4.74 Å². The summed E-state index contributed by atoms with van der Waals surface area (Å²) in [5.74, 6) is -0.0134. The van der Waals surface area contributed by atoms with Crippen molar-refractivity contribution >= 4 is 27.5 Å². The van der Waals surface area contributed by atoms with E-state index in [1.165, 1.54) is 16.9 Å². The molecule has 5 heteroatoms. The number of carbonyl (C=O) groups is 1. The number of nitrogens with zero attached hydrogens (tertiary/aromatic N) is 1. The zero-order chi connectivity index (χ0) is 15.9. The van der Waals surface area contributed by atoms with Gasteiger partial charge in [0.1, 0.15) is 4.83 Å². The van der Waals surface area contributed by atoms with E-state index in [9.17, 15) is 4.79 Å². The van der Waals surface area contributed by atoms with Gasteiger partial charge in [-0.1, -0.05) is 0 Å². The fourth-order valence-corrected chi connectivity index (χ4v) is 4.40. The van der Waals surface area contributed by atoms with Crippen LogP contribution >= 0.6 is 11.3 Å². The zero-order valence-corrected chi connectivity index (χ0v) is 14.3. The summed E-state index contributed by atoms with van der Waals surface area (Å²) >= 11 is 1.48. The highest BCUT2D eigenvalue weighted by atomic mass is 32.1. The molecule has 4 nitrogen and oxygen atoms in total. The number of pyridine rings is 1. The zero-order valence-electron chi connectivity index (χ0n) is 13.5. The number of amides is 1. The number of nitrogens with one attached hydrogen (secondary N) is 1. The lowest BCUT2D eigenvalue weighted by Crippen LogP contribution is -2.40. The van der Waals surface area contributed by atoms with Gasteiger partial charge in [-0.15, -0.1) is 11.3 Å². The number of carbonyl (C=O) groups excluding carboxylic acids is 1. The smallest absolute Gasteiger partial charge is 0.262 e. The lowest BCUT2D eigenvalue weighted by molar-refractivity contribution is 0.0714. The number of thiophene rings is 1. The second-order valence-electron chi connectivity index (χ2n) is 6.13. The van der Waals surface area contributed by atoms with Crippen molar-refractivity contribution in [3.8, 4) is 0 Å². The number of ether oxygens (including phenoxy) is 1. The van der Waals surface area contributed by atoms with Gasteiger partial charge in [-0.2, -0.15) is 0 Å². The molecule has 1 amide bonds. The van der Waals surface area contributed by atoms with Crippen molar-refractivity contribution in [2.75, 3.05) is 6.61 Å². The molecule has 1 aliphatic rings. The summed E-state index contributed by atoms with van der Waals surface area (Å²) in [6.07, 6.45) is 2.24. The van der Waals surface area contributed by atoms with E-state index in [4.69, 9.17) is 4.74 Å². The van der Waals surface area contributed by atoms with Crippen LogP contribution in [0.4, 0.5) is 0 Å². The lowest BCUT2D eigenvalue weighted by Gasteiger charge is -2.19. The summed E-state index contributed by atoms with van der Waals surface area (Å²) in [6, 6.07) is 2.11. The van der Waals surface area contributed by atoms with Crippen LogP contribution in [-0.4, -0.2) is 29.6 Å². The molecule has 118 valence electrons. The molecule has 0 aromatic carbocycles. The fraction of sp³-hybridized carbons (Fsp3) is 0.529. The molecule has 2 atom stereocenters. The van der Waals surface area contributed by atoms with Gasteiger partial charge in [-0.05, 0) is 57.7 Å². The summed E-state index contributed by atoms with van der Waals surface area (Å²) in [6.45, 7) is 8.89. The van der Waals surface area contributed by atoms with E-state index in [-0.39, 0.29) is 18.1 Å². The summed E-state index contributed by atoms with van der Waals surface area (Å²) in [4.78, 5) is 18.9. The van der Waals surface area contributed by atoms with Crippen LogP contribution in [0.3, 0.4) is 0 Å². The van der Waals surface area contributed by atoms with E-state index in [2.05, 4.69) is 23.3 Å². The molecule has 1 saturated heterocycles. The van der Waals surface area contributed by atoms with E-state index < -0.39 is 0 Å². The molecule has 0 spiro atoms. The molecule has 0 unspecified atom stereocenters. The summed E-state index contributed by atoms with van der Waals surface area (Å²) in [7, 11) is 0. The quantitative estimate of drug-likeness (QED) is 0.942. The molecular formula is C17H22N2O2S. The largest absolute Gasteiger partial charge is 0.376 e. The van der Waals surface area contributed by atoms with E-state index in [0.717, 1.165) is 45.8 Å². The number of rotatable bonds is 3. The SMILES string of the molecule is Cc1cc(C)c2c(C)c(C(=O)N[C@@H](C)[C@@H]3CCCO3)sc2n1. The number of aryl methyl sites for hydroxylation is 3. The number of aromatic nitrogens is 1. The predicted molar refractivity (Wildman–Crippen MR) is 89.7 cm³/mol. The van der Waals surface area contributed by atoms with Gasteiger partial charge in [0.15, 0.2) is 0 Å². The van der Waals surface area contributed by atoms with E-state index in [1.807, 2.05) is 20.8 Å². The van der Waals surface area contributed by atoms with Crippen molar-refractivity contribution in [1.82, 2.24) is 10.3 Å². The lowest BCUT2D eigenvalue weighted by atomic mass is 10.1. The number of hydrogen-bond donors (Lipinski definition) is 1. The van der Waals surface area contributed by atoms with Gasteiger partial charge in [-0.3, -0.25) is 4.79 Å². The van der Waals surface area contributed by atoms with Gasteiger partial charge in [0, 0.05) is 17.7 Å². The van der Waals surface area contributed by atoms with Crippen molar-refractivity contribution < 1.29 is 9.53 Å². The van der Waals surface area contributed by atoms with Crippen LogP contribution in [0.15, 0.2) is 6.07 Å². The molecule has 0 aliphatic carbocycles. The molecule has 3 heterocycles. The van der Waals surface area contributed by atoms with Crippen molar-refractivity contribution in [1.29, 1.82) is 0 Å². The third kappa shape index (κ3) is 2.75. The molecule has 22 heavy (non-hydrogen) atoms. The van der Waals surface area contributed by atoms with E-state index in [0.29, 0.717) is 0 Å². The van der Waals surface area contributed by atoms with Crippen LogP contribution in [0.2, 0.25) is 0 Å². The van der Waals surface area contributed by atoms with Crippen molar-refractivity contribution in [3.63, 3.8) is 0 Å². The standard InChI is InChI=1S/C17H22N2O2S/c1-9-8-10(2)18-17-14(9)11(3)15(22-17)16(20)19-12(4)13-6-5-7-21-13/h8,12-13H,5-7H2,1-4H3,(H,19,20)/t12-,13-/m0/s1. The minimum absolute atomic E-state index is 0.0134. The maximum Gasteiger partial charge on any atom is 0.262 e. The Kier molecular flexibility index (Phi) is 4.19. The first-order chi connectivity index (χ1) is 10.5. The highest BCUT2D eigenvalue weighted by Crippen LogP contribution is 2.32. The molecule has 2 aromatic heterocycles. The third-order valence-electron chi connectivity index (χ3n) is 4.31. The van der Waals surface area contributed by atoms with Crippen LogP contribution in [0.5, 0.6) is 0 Å². The van der Waals surface area contributed by atoms with Crippen molar-refractivity contribution in [2.45, 2.75) is 52.7 Å². The molecule has 0 radical (unpaired) electrons. The van der Waals surface area contributed by atoms with Crippen LogP contribution in [0.1, 0.15) is 46.3 Å². The molecule has 0 saturated carbocycles. The molecule has 3 rings (SSSR count). The van der Waals surface area contributed by atoms with Crippen molar-refractivity contribution in [2.24, 2.45) is 0 Å². The van der Waals surface area contributed by atoms with E-state index >= 15 is 0 Å². The Morgan fingerprint density at radius 2 is 2.23 bits per heavy atom. The molecule has 1 fully saturated rings. The first-order valence-corrected chi connectivity index (χ1v) is 8.59. The highest BCUT2D eigenvalue weighted by molar-refractivity contribution is 7.20. The fourth-order valence-electron chi connectivity index (χ4n) is 3.20. The topological polar surface area (TPSA) is 51.2 Å². The Hall–Kier alpha value is -1.46. The molecule has 0 bridgehead atoms. The summed E-state index contributed by atoms with van der Waals surface area (Å²) < 4.78 is 5.65. The Labute approximate surface area is 134 Å². The second-order valence-corrected chi connectivity index (χ2v) is 7.13. The normalized spacial score (nSPS) is 19.5. The summed E-state index contributed by atoms with van der Waals surface area (Å²) in [5.41, 5.74) is 3.20. The minimum Gasteiger partial charge on any atom is -0.376 e. The number of fused-ring (bicyclic) bond motifs is 1. The Balaban J connectivity index is 1.87. The Morgan fingerprint density at radius 1 is 1.45 bits per heavy atom. The average molecular weight is 318 g/mol. The van der Waals surface area contributed by atoms with Gasteiger partial charge < -0.3 is 10.1 Å². The Bertz CT molecular complexity index is 717. The minimum atomic E-state index is -0.0134. The van der Waals surface area contributed by atoms with Crippen LogP contribution in [0.25, 0.3) is 10.2 Å². The average Bonchev–Trinajstić information content (AvgIpc) is 3.06. The first kappa shape index (κ1) is 15.4. The maximum atomic E-state index is 12.6.